The predicted molar refractivity (Wildman–Crippen MR) is 84.0 cm³/mol. The van der Waals surface area contributed by atoms with Gasteiger partial charge < -0.3 is 10.0 Å². The van der Waals surface area contributed by atoms with Gasteiger partial charge in [-0.2, -0.15) is 0 Å². The van der Waals surface area contributed by atoms with Crippen LogP contribution in [0.2, 0.25) is 0 Å². The van der Waals surface area contributed by atoms with E-state index in [9.17, 15) is 4.79 Å². The molecule has 1 aromatic rings. The number of thiophene rings is 1. The van der Waals surface area contributed by atoms with Gasteiger partial charge in [0.05, 0.1) is 10.4 Å². The summed E-state index contributed by atoms with van der Waals surface area (Å²) in [5, 5.41) is 10.5. The number of carbonyl (C=O) groups is 1. The second-order valence-corrected chi connectivity index (χ2v) is 5.57. The maximum absolute atomic E-state index is 12.5. The molecule has 1 N–H and O–H groups in total. The zero-order chi connectivity index (χ0) is 14.8. The average Bonchev–Trinajstić information content (AvgIpc) is 2.93. The molecule has 0 aromatic carbocycles. The third kappa shape index (κ3) is 5.36. The fourth-order valence-electron chi connectivity index (χ4n) is 1.84. The van der Waals surface area contributed by atoms with Crippen molar-refractivity contribution in [3.63, 3.8) is 0 Å². The number of carbonyl (C=O) groups excluding carboxylic acids is 1. The Kier molecular flexibility index (Phi) is 8.01. The SMILES string of the molecule is CCCCN(CCCC)C(=O)c1csc(C#CCO)c1. The number of amides is 1. The number of aliphatic hydroxyl groups is 1. The Labute approximate surface area is 125 Å². The van der Waals surface area contributed by atoms with E-state index >= 15 is 0 Å². The van der Waals surface area contributed by atoms with Gasteiger partial charge in [0, 0.05) is 18.5 Å². The number of nitrogens with zero attached hydrogens (tertiary/aromatic N) is 1. The molecule has 20 heavy (non-hydrogen) atoms. The Morgan fingerprint density at radius 2 is 1.95 bits per heavy atom. The van der Waals surface area contributed by atoms with Crippen LogP contribution in [-0.4, -0.2) is 35.6 Å². The predicted octanol–water partition coefficient (Wildman–Crippen LogP) is 3.13. The molecule has 1 rings (SSSR count). The molecule has 0 radical (unpaired) electrons. The highest BCUT2D eigenvalue weighted by Gasteiger charge is 2.16. The molecule has 4 heteroatoms. The van der Waals surface area contributed by atoms with Crippen LogP contribution in [0.3, 0.4) is 0 Å². The van der Waals surface area contributed by atoms with Gasteiger partial charge in [-0.15, -0.1) is 11.3 Å². The summed E-state index contributed by atoms with van der Waals surface area (Å²) in [6, 6.07) is 1.82. The van der Waals surface area contributed by atoms with Gasteiger partial charge >= 0.3 is 0 Å². The fourth-order valence-corrected chi connectivity index (χ4v) is 2.58. The summed E-state index contributed by atoms with van der Waals surface area (Å²) >= 11 is 1.45. The number of hydrogen-bond donors (Lipinski definition) is 1. The van der Waals surface area contributed by atoms with Gasteiger partial charge in [0.1, 0.15) is 6.61 Å². The Balaban J connectivity index is 2.74. The van der Waals surface area contributed by atoms with Crippen molar-refractivity contribution in [2.45, 2.75) is 39.5 Å². The largest absolute Gasteiger partial charge is 0.384 e. The quantitative estimate of drug-likeness (QED) is 0.785. The lowest BCUT2D eigenvalue weighted by atomic mass is 10.2. The highest BCUT2D eigenvalue weighted by Crippen LogP contribution is 2.16. The maximum atomic E-state index is 12.5. The van der Waals surface area contributed by atoms with E-state index in [0.29, 0.717) is 5.56 Å². The molecule has 110 valence electrons. The number of aliphatic hydroxyl groups excluding tert-OH is 1. The molecule has 0 fully saturated rings. The molecular formula is C16H23NO2S. The molecule has 1 heterocycles. The van der Waals surface area contributed by atoms with Crippen molar-refractivity contribution in [3.05, 3.63) is 21.9 Å². The van der Waals surface area contributed by atoms with Crippen molar-refractivity contribution in [2.24, 2.45) is 0 Å². The molecule has 0 aliphatic heterocycles. The molecule has 0 atom stereocenters. The summed E-state index contributed by atoms with van der Waals surface area (Å²) in [4.78, 5) is 15.2. The molecule has 1 aromatic heterocycles. The average molecular weight is 293 g/mol. The van der Waals surface area contributed by atoms with Crippen LogP contribution in [0.5, 0.6) is 0 Å². The third-order valence-electron chi connectivity index (χ3n) is 2.99. The third-order valence-corrected chi connectivity index (χ3v) is 3.83. The molecule has 3 nitrogen and oxygen atoms in total. The Hall–Kier alpha value is -1.31. The van der Waals surface area contributed by atoms with Gasteiger partial charge in [-0.1, -0.05) is 38.5 Å². The van der Waals surface area contributed by atoms with E-state index in [1.807, 2.05) is 16.3 Å². The van der Waals surface area contributed by atoms with Gasteiger partial charge in [0.15, 0.2) is 0 Å². The van der Waals surface area contributed by atoms with E-state index in [1.54, 1.807) is 0 Å². The first-order valence-electron chi connectivity index (χ1n) is 7.20. The second kappa shape index (κ2) is 9.57. The highest BCUT2D eigenvalue weighted by atomic mass is 32.1. The number of hydrogen-bond acceptors (Lipinski definition) is 3. The maximum Gasteiger partial charge on any atom is 0.254 e. The van der Waals surface area contributed by atoms with Crippen molar-refractivity contribution < 1.29 is 9.90 Å². The molecule has 0 aliphatic carbocycles. The van der Waals surface area contributed by atoms with Crippen LogP contribution in [0.4, 0.5) is 0 Å². The van der Waals surface area contributed by atoms with Crippen molar-refractivity contribution in [3.8, 4) is 11.8 Å². The van der Waals surface area contributed by atoms with E-state index in [-0.39, 0.29) is 12.5 Å². The smallest absolute Gasteiger partial charge is 0.254 e. The van der Waals surface area contributed by atoms with Crippen LogP contribution < -0.4 is 0 Å². The van der Waals surface area contributed by atoms with E-state index < -0.39 is 0 Å². The zero-order valence-electron chi connectivity index (χ0n) is 12.3. The Morgan fingerprint density at radius 3 is 2.50 bits per heavy atom. The molecule has 0 spiro atoms. The summed E-state index contributed by atoms with van der Waals surface area (Å²) in [6.45, 7) is 5.76. The Morgan fingerprint density at radius 1 is 1.30 bits per heavy atom. The normalized spacial score (nSPS) is 9.95. The summed E-state index contributed by atoms with van der Waals surface area (Å²) in [5.74, 6) is 5.55. The van der Waals surface area contributed by atoms with E-state index in [4.69, 9.17) is 5.11 Å². The van der Waals surface area contributed by atoms with Gasteiger partial charge in [-0.25, -0.2) is 0 Å². The van der Waals surface area contributed by atoms with Gasteiger partial charge in [0.25, 0.3) is 5.91 Å². The summed E-state index contributed by atoms with van der Waals surface area (Å²) in [7, 11) is 0. The second-order valence-electron chi connectivity index (χ2n) is 4.66. The van der Waals surface area contributed by atoms with Crippen LogP contribution in [-0.2, 0) is 0 Å². The zero-order valence-corrected chi connectivity index (χ0v) is 13.1. The van der Waals surface area contributed by atoms with Crippen molar-refractivity contribution in [1.82, 2.24) is 4.90 Å². The van der Waals surface area contributed by atoms with Gasteiger partial charge in [-0.05, 0) is 18.9 Å². The topological polar surface area (TPSA) is 40.5 Å². The number of unbranched alkanes of at least 4 members (excludes halogenated alkanes) is 2. The lowest BCUT2D eigenvalue weighted by Gasteiger charge is -2.21. The Bertz CT molecular complexity index is 462. The monoisotopic (exact) mass is 293 g/mol. The first-order chi connectivity index (χ1) is 9.72. The summed E-state index contributed by atoms with van der Waals surface area (Å²) in [5.41, 5.74) is 0.712. The van der Waals surface area contributed by atoms with Crippen LogP contribution >= 0.6 is 11.3 Å². The fraction of sp³-hybridized carbons (Fsp3) is 0.562. The van der Waals surface area contributed by atoms with Gasteiger partial charge in [-0.3, -0.25) is 4.79 Å². The standard InChI is InChI=1S/C16H23NO2S/c1-3-5-9-17(10-6-4-2)16(19)14-12-15(20-13-14)8-7-11-18/h12-13,18H,3-6,9-11H2,1-2H3. The molecule has 0 bridgehead atoms. The van der Waals surface area contributed by atoms with Crippen LogP contribution in [0.25, 0.3) is 0 Å². The van der Waals surface area contributed by atoms with E-state index in [2.05, 4.69) is 25.7 Å². The van der Waals surface area contributed by atoms with E-state index in [0.717, 1.165) is 43.6 Å². The molecular weight excluding hydrogens is 270 g/mol. The van der Waals surface area contributed by atoms with Gasteiger partial charge in [0.2, 0.25) is 0 Å². The van der Waals surface area contributed by atoms with Crippen LogP contribution in [0.15, 0.2) is 11.4 Å². The first-order valence-corrected chi connectivity index (χ1v) is 8.08. The van der Waals surface area contributed by atoms with E-state index in [1.165, 1.54) is 11.3 Å². The molecule has 0 aliphatic rings. The molecule has 1 amide bonds. The molecule has 0 saturated carbocycles. The minimum Gasteiger partial charge on any atom is -0.384 e. The minimum absolute atomic E-state index is 0.0974. The first kappa shape index (κ1) is 16.7. The number of rotatable bonds is 7. The van der Waals surface area contributed by atoms with Crippen LogP contribution in [0, 0.1) is 11.8 Å². The van der Waals surface area contributed by atoms with Crippen LogP contribution in [0.1, 0.15) is 54.8 Å². The summed E-state index contributed by atoms with van der Waals surface area (Å²) < 4.78 is 0. The van der Waals surface area contributed by atoms with Crippen molar-refractivity contribution in [1.29, 1.82) is 0 Å². The lowest BCUT2D eigenvalue weighted by molar-refractivity contribution is 0.0751. The van der Waals surface area contributed by atoms with Crippen molar-refractivity contribution >= 4 is 17.2 Å². The molecule has 0 saturated heterocycles. The van der Waals surface area contributed by atoms with Crippen molar-refractivity contribution in [2.75, 3.05) is 19.7 Å². The highest BCUT2D eigenvalue weighted by molar-refractivity contribution is 7.10. The minimum atomic E-state index is -0.152. The summed E-state index contributed by atoms with van der Waals surface area (Å²) in [6.07, 6.45) is 4.26. The lowest BCUT2D eigenvalue weighted by Crippen LogP contribution is -2.32. The molecule has 0 unspecified atom stereocenters.